The molecule has 2 N–H and O–H groups in total. The second-order valence-corrected chi connectivity index (χ2v) is 5.77. The number of rotatable bonds is 3. The molecule has 0 amide bonds. The first kappa shape index (κ1) is 16.6. The van der Waals surface area contributed by atoms with Gasteiger partial charge >= 0.3 is 0 Å². The van der Waals surface area contributed by atoms with Gasteiger partial charge in [-0.1, -0.05) is 29.8 Å². The predicted molar refractivity (Wildman–Crippen MR) is 103 cm³/mol. The Morgan fingerprint density at radius 3 is 2.75 bits per heavy atom. The van der Waals surface area contributed by atoms with Gasteiger partial charge in [-0.15, -0.1) is 12.4 Å². The molecule has 0 saturated heterocycles. The van der Waals surface area contributed by atoms with Gasteiger partial charge in [0.05, 0.1) is 17.6 Å². The molecule has 4 nitrogen and oxygen atoms in total. The number of halogens is 2. The monoisotopic (exact) mass is 358 g/mol. The zero-order chi connectivity index (χ0) is 15.6. The summed E-state index contributed by atoms with van der Waals surface area (Å²) in [6.45, 7) is 1.74. The lowest BCUT2D eigenvalue weighted by Crippen LogP contribution is -2.19. The highest BCUT2D eigenvalue weighted by atomic mass is 35.5. The van der Waals surface area contributed by atoms with Crippen molar-refractivity contribution in [1.29, 1.82) is 0 Å². The minimum Gasteiger partial charge on any atom is -0.368 e. The number of H-pyrrole nitrogens is 1. The van der Waals surface area contributed by atoms with Crippen LogP contribution in [0.3, 0.4) is 0 Å². The highest BCUT2D eigenvalue weighted by molar-refractivity contribution is 6.32. The second kappa shape index (κ2) is 7.07. The molecule has 0 unspecified atom stereocenters. The molecule has 0 atom stereocenters. The van der Waals surface area contributed by atoms with Gasteiger partial charge < -0.3 is 10.3 Å². The number of hydrogen-bond acceptors (Lipinski definition) is 3. The maximum Gasteiger partial charge on any atom is 0.131 e. The molecule has 122 valence electrons. The van der Waals surface area contributed by atoms with E-state index in [0.717, 1.165) is 51.9 Å². The molecule has 1 aliphatic rings. The fourth-order valence-electron chi connectivity index (χ4n) is 2.63. The van der Waals surface area contributed by atoms with E-state index in [1.165, 1.54) is 0 Å². The van der Waals surface area contributed by atoms with E-state index < -0.39 is 0 Å². The summed E-state index contributed by atoms with van der Waals surface area (Å²) in [5.74, 6) is 1.76. The molecular formula is C18H16Cl2N4. The number of amidine groups is 1. The number of fused-ring (bicyclic) bond motifs is 1. The van der Waals surface area contributed by atoms with Crippen molar-refractivity contribution >= 4 is 53.0 Å². The predicted octanol–water partition coefficient (Wildman–Crippen LogP) is 4.16. The van der Waals surface area contributed by atoms with Crippen LogP contribution >= 0.6 is 24.0 Å². The van der Waals surface area contributed by atoms with Gasteiger partial charge in [-0.2, -0.15) is 0 Å². The van der Waals surface area contributed by atoms with Crippen molar-refractivity contribution in [1.82, 2.24) is 15.3 Å². The third kappa shape index (κ3) is 3.30. The number of nitrogens with one attached hydrogen (secondary N) is 2. The Balaban J connectivity index is 0.00000169. The highest BCUT2D eigenvalue weighted by Gasteiger charge is 2.09. The van der Waals surface area contributed by atoms with Crippen LogP contribution in [0.1, 0.15) is 17.0 Å². The van der Waals surface area contributed by atoms with Crippen molar-refractivity contribution in [2.45, 2.75) is 0 Å². The first-order chi connectivity index (χ1) is 11.3. The maximum absolute atomic E-state index is 6.16. The average Bonchev–Trinajstić information content (AvgIpc) is 3.22. The van der Waals surface area contributed by atoms with E-state index in [9.17, 15) is 0 Å². The van der Waals surface area contributed by atoms with E-state index >= 15 is 0 Å². The smallest absolute Gasteiger partial charge is 0.131 e. The average molecular weight is 359 g/mol. The Labute approximate surface area is 151 Å². The second-order valence-electron chi connectivity index (χ2n) is 5.37. The summed E-state index contributed by atoms with van der Waals surface area (Å²) in [5, 5.41) is 4.01. The van der Waals surface area contributed by atoms with Crippen molar-refractivity contribution in [2.75, 3.05) is 13.1 Å². The molecule has 0 aliphatic carbocycles. The summed E-state index contributed by atoms with van der Waals surface area (Å²) in [7, 11) is 0. The number of hydrogen-bond donors (Lipinski definition) is 2. The lowest BCUT2D eigenvalue weighted by Gasteiger charge is -2.01. The molecule has 3 aromatic rings. The Kier molecular flexibility index (Phi) is 4.88. The molecule has 6 heteroatoms. The Hall–Kier alpha value is -2.30. The quantitative estimate of drug-likeness (QED) is 0.738. The van der Waals surface area contributed by atoms with E-state index in [4.69, 9.17) is 11.6 Å². The fraction of sp³-hybridized carbons (Fsp3) is 0.111. The minimum atomic E-state index is 0. The summed E-state index contributed by atoms with van der Waals surface area (Å²) in [6.07, 6.45) is 3.90. The maximum atomic E-state index is 6.16. The Bertz CT molecular complexity index is 928. The number of nitrogens with zero attached hydrogens (tertiary/aromatic N) is 2. The molecule has 4 rings (SSSR count). The van der Waals surface area contributed by atoms with E-state index in [0.29, 0.717) is 0 Å². The normalized spacial score (nSPS) is 13.8. The molecule has 0 spiro atoms. The van der Waals surface area contributed by atoms with Crippen molar-refractivity contribution in [2.24, 2.45) is 4.99 Å². The SMILES string of the molecule is Cl.Clc1ccccc1/C=C\c1nc2ccc(C3=NCCN3)cc2[nH]1. The highest BCUT2D eigenvalue weighted by Crippen LogP contribution is 2.19. The number of imidazole rings is 1. The van der Waals surface area contributed by atoms with Crippen LogP contribution < -0.4 is 5.32 Å². The molecule has 1 aromatic heterocycles. The molecule has 24 heavy (non-hydrogen) atoms. The van der Waals surface area contributed by atoms with Gasteiger partial charge in [0.15, 0.2) is 0 Å². The molecule has 1 aliphatic heterocycles. The number of aliphatic imine (C=N–C) groups is 1. The van der Waals surface area contributed by atoms with E-state index in [2.05, 4.69) is 26.3 Å². The van der Waals surface area contributed by atoms with Crippen LogP contribution in [0, 0.1) is 0 Å². The van der Waals surface area contributed by atoms with Gasteiger partial charge in [-0.3, -0.25) is 4.99 Å². The Morgan fingerprint density at radius 2 is 1.96 bits per heavy atom. The molecule has 0 bridgehead atoms. The number of aromatic nitrogens is 2. The van der Waals surface area contributed by atoms with Crippen LogP contribution in [0.25, 0.3) is 23.2 Å². The standard InChI is InChI=1S/C18H15ClN4.ClH/c19-14-4-2-1-3-12(14)6-8-17-22-15-7-5-13(11-16(15)23-17)18-20-9-10-21-18;/h1-8,11H,9-10H2,(H,20,21)(H,22,23);1H/b8-6-;. The summed E-state index contributed by atoms with van der Waals surface area (Å²) >= 11 is 6.16. The molecule has 0 radical (unpaired) electrons. The van der Waals surface area contributed by atoms with Crippen LogP contribution in [0.2, 0.25) is 5.02 Å². The van der Waals surface area contributed by atoms with Gasteiger partial charge in [0, 0.05) is 17.1 Å². The molecule has 2 aromatic carbocycles. The Morgan fingerprint density at radius 1 is 1.08 bits per heavy atom. The lowest BCUT2D eigenvalue weighted by atomic mass is 10.2. The third-order valence-electron chi connectivity index (χ3n) is 3.77. The van der Waals surface area contributed by atoms with Crippen LogP contribution in [0.15, 0.2) is 47.5 Å². The first-order valence-corrected chi connectivity index (χ1v) is 7.88. The lowest BCUT2D eigenvalue weighted by molar-refractivity contribution is 0.960. The number of aromatic amines is 1. The summed E-state index contributed by atoms with van der Waals surface area (Å²) in [5.41, 5.74) is 3.99. The minimum absolute atomic E-state index is 0. The zero-order valence-corrected chi connectivity index (χ0v) is 14.4. The van der Waals surface area contributed by atoms with Gasteiger partial charge in [-0.25, -0.2) is 4.98 Å². The van der Waals surface area contributed by atoms with E-state index in [1.54, 1.807) is 0 Å². The molecule has 0 fully saturated rings. The topological polar surface area (TPSA) is 53.1 Å². The van der Waals surface area contributed by atoms with Crippen molar-refractivity contribution in [3.05, 3.63) is 64.4 Å². The van der Waals surface area contributed by atoms with Crippen molar-refractivity contribution in [3.8, 4) is 0 Å². The largest absolute Gasteiger partial charge is 0.368 e. The van der Waals surface area contributed by atoms with Crippen LogP contribution in [-0.4, -0.2) is 28.9 Å². The molecule has 2 heterocycles. The van der Waals surface area contributed by atoms with Gasteiger partial charge in [-0.05, 0) is 42.0 Å². The van der Waals surface area contributed by atoms with E-state index in [-0.39, 0.29) is 12.4 Å². The van der Waals surface area contributed by atoms with Gasteiger partial charge in [0.2, 0.25) is 0 Å². The van der Waals surface area contributed by atoms with Crippen LogP contribution in [0.4, 0.5) is 0 Å². The number of benzene rings is 2. The fourth-order valence-corrected chi connectivity index (χ4v) is 2.82. The molecular weight excluding hydrogens is 343 g/mol. The third-order valence-corrected chi connectivity index (χ3v) is 4.12. The van der Waals surface area contributed by atoms with Crippen molar-refractivity contribution in [3.63, 3.8) is 0 Å². The van der Waals surface area contributed by atoms with Gasteiger partial charge in [0.25, 0.3) is 0 Å². The van der Waals surface area contributed by atoms with Gasteiger partial charge in [0.1, 0.15) is 11.7 Å². The summed E-state index contributed by atoms with van der Waals surface area (Å²) in [6, 6.07) is 13.9. The summed E-state index contributed by atoms with van der Waals surface area (Å²) in [4.78, 5) is 12.4. The molecule has 0 saturated carbocycles. The van der Waals surface area contributed by atoms with E-state index in [1.807, 2.05) is 48.6 Å². The van der Waals surface area contributed by atoms with Crippen LogP contribution in [0.5, 0.6) is 0 Å². The van der Waals surface area contributed by atoms with Crippen molar-refractivity contribution < 1.29 is 0 Å². The van der Waals surface area contributed by atoms with Crippen LogP contribution in [-0.2, 0) is 0 Å². The zero-order valence-electron chi connectivity index (χ0n) is 12.8. The summed E-state index contributed by atoms with van der Waals surface area (Å²) < 4.78 is 0. The first-order valence-electron chi connectivity index (χ1n) is 7.51.